The molecular weight excluding hydrogens is 366 g/mol. The number of hydrogen-bond acceptors (Lipinski definition) is 7. The summed E-state index contributed by atoms with van der Waals surface area (Å²) in [6, 6.07) is 7.82. The van der Waals surface area contributed by atoms with Crippen LogP contribution in [0.1, 0.15) is 20.5 Å². The summed E-state index contributed by atoms with van der Waals surface area (Å²) >= 11 is 6.84. The summed E-state index contributed by atoms with van der Waals surface area (Å²) in [7, 11) is 0. The maximum atomic E-state index is 12.3. The van der Waals surface area contributed by atoms with Crippen molar-refractivity contribution in [2.45, 2.75) is 8.92 Å². The number of carbonyl (C=O) groups is 1. The zero-order valence-electron chi connectivity index (χ0n) is 12.2. The third-order valence-electron chi connectivity index (χ3n) is 3.02. The van der Waals surface area contributed by atoms with E-state index >= 15 is 0 Å². The van der Waals surface area contributed by atoms with E-state index in [0.717, 1.165) is 10.1 Å². The molecule has 1 fully saturated rings. The van der Waals surface area contributed by atoms with Gasteiger partial charge in [0.15, 0.2) is 4.34 Å². The molecule has 0 bridgehead atoms. The van der Waals surface area contributed by atoms with Crippen LogP contribution in [0, 0.1) is 0 Å². The standard InChI is InChI=1S/C15H15N3OS4/c1-2-7-22-15-18-17-14(23-15)16-12(19)10-3-5-11(6-4-10)13-20-8-9-21-13/h2-6,13H,1,7-9H2,(H,16,17,19). The lowest BCUT2D eigenvalue weighted by molar-refractivity contribution is 0.102. The number of hydrogen-bond donors (Lipinski definition) is 1. The summed E-state index contributed by atoms with van der Waals surface area (Å²) < 4.78 is 1.32. The van der Waals surface area contributed by atoms with Crippen molar-refractivity contribution >= 4 is 57.7 Å². The highest BCUT2D eigenvalue weighted by molar-refractivity contribution is 8.19. The van der Waals surface area contributed by atoms with Gasteiger partial charge in [-0.1, -0.05) is 41.3 Å². The topological polar surface area (TPSA) is 54.9 Å². The molecule has 3 rings (SSSR count). The Balaban J connectivity index is 1.61. The Hall–Kier alpha value is -0.960. The van der Waals surface area contributed by atoms with Crippen LogP contribution in [0.25, 0.3) is 0 Å². The second kappa shape index (κ2) is 8.23. The molecule has 1 saturated heterocycles. The second-order valence-corrected chi connectivity index (χ2v) is 9.59. The molecule has 0 aliphatic carbocycles. The number of carbonyl (C=O) groups excluding carboxylic acids is 1. The average molecular weight is 382 g/mol. The highest BCUT2D eigenvalue weighted by Gasteiger charge is 2.18. The third kappa shape index (κ3) is 4.53. The number of anilines is 1. The molecule has 23 heavy (non-hydrogen) atoms. The highest BCUT2D eigenvalue weighted by Crippen LogP contribution is 2.45. The van der Waals surface area contributed by atoms with Crippen LogP contribution >= 0.6 is 46.6 Å². The average Bonchev–Trinajstić information content (AvgIpc) is 3.25. The Kier molecular flexibility index (Phi) is 6.04. The van der Waals surface area contributed by atoms with Gasteiger partial charge in [0.2, 0.25) is 5.13 Å². The molecule has 8 heteroatoms. The molecule has 0 radical (unpaired) electrons. The van der Waals surface area contributed by atoms with E-state index < -0.39 is 0 Å². The molecular formula is C15H15N3OS4. The lowest BCUT2D eigenvalue weighted by atomic mass is 10.1. The summed E-state index contributed by atoms with van der Waals surface area (Å²) in [5.74, 6) is 3.02. The van der Waals surface area contributed by atoms with E-state index in [2.05, 4.69) is 22.1 Å². The van der Waals surface area contributed by atoms with Gasteiger partial charge in [-0.25, -0.2) is 0 Å². The van der Waals surface area contributed by atoms with Crippen LogP contribution in [0.5, 0.6) is 0 Å². The Bertz CT molecular complexity index is 680. The van der Waals surface area contributed by atoms with Gasteiger partial charge < -0.3 is 0 Å². The predicted octanol–water partition coefficient (Wildman–Crippen LogP) is 4.55. The number of rotatable bonds is 6. The van der Waals surface area contributed by atoms with Crippen molar-refractivity contribution in [2.24, 2.45) is 0 Å². The van der Waals surface area contributed by atoms with E-state index in [1.807, 2.05) is 53.9 Å². The smallest absolute Gasteiger partial charge is 0.257 e. The number of nitrogens with zero attached hydrogens (tertiary/aromatic N) is 2. The summed E-state index contributed by atoms with van der Waals surface area (Å²) in [5, 5.41) is 11.3. The molecule has 4 nitrogen and oxygen atoms in total. The molecule has 1 amide bonds. The monoisotopic (exact) mass is 381 g/mol. The minimum absolute atomic E-state index is 0.153. The van der Waals surface area contributed by atoms with Crippen LogP contribution in [0.4, 0.5) is 5.13 Å². The molecule has 0 spiro atoms. The van der Waals surface area contributed by atoms with Crippen LogP contribution < -0.4 is 5.32 Å². The first kappa shape index (κ1) is 16.9. The van der Waals surface area contributed by atoms with Gasteiger partial charge in [0.25, 0.3) is 5.91 Å². The van der Waals surface area contributed by atoms with E-state index in [0.29, 0.717) is 15.3 Å². The van der Waals surface area contributed by atoms with Crippen LogP contribution in [-0.2, 0) is 0 Å². The van der Waals surface area contributed by atoms with Crippen molar-refractivity contribution in [1.82, 2.24) is 10.2 Å². The van der Waals surface area contributed by atoms with Gasteiger partial charge in [-0.2, -0.15) is 0 Å². The Labute approximate surface area is 151 Å². The lowest BCUT2D eigenvalue weighted by Gasteiger charge is -2.08. The summed E-state index contributed by atoms with van der Waals surface area (Å²) in [6.07, 6.45) is 1.81. The van der Waals surface area contributed by atoms with Gasteiger partial charge in [0.1, 0.15) is 0 Å². The zero-order valence-corrected chi connectivity index (χ0v) is 15.5. The molecule has 0 saturated carbocycles. The largest absolute Gasteiger partial charge is 0.296 e. The number of thioether (sulfide) groups is 3. The summed E-state index contributed by atoms with van der Waals surface area (Å²) in [5.41, 5.74) is 1.91. The maximum Gasteiger partial charge on any atom is 0.257 e. The first-order valence-corrected chi connectivity index (χ1v) is 10.9. The molecule has 0 unspecified atom stereocenters. The molecule has 2 aromatic rings. The minimum Gasteiger partial charge on any atom is -0.296 e. The van der Waals surface area contributed by atoms with E-state index in [9.17, 15) is 4.79 Å². The van der Waals surface area contributed by atoms with Crippen molar-refractivity contribution in [2.75, 3.05) is 22.6 Å². The minimum atomic E-state index is -0.153. The maximum absolute atomic E-state index is 12.3. The van der Waals surface area contributed by atoms with Gasteiger partial charge in [-0.3, -0.25) is 10.1 Å². The quantitative estimate of drug-likeness (QED) is 0.450. The number of nitrogens with one attached hydrogen (secondary N) is 1. The molecule has 1 aliphatic rings. The normalized spacial score (nSPS) is 14.8. The fourth-order valence-electron chi connectivity index (χ4n) is 1.96. The second-order valence-electron chi connectivity index (χ2n) is 4.62. The SMILES string of the molecule is C=CCSc1nnc(NC(=O)c2ccc(C3SCCS3)cc2)s1. The predicted molar refractivity (Wildman–Crippen MR) is 103 cm³/mol. The van der Waals surface area contributed by atoms with Crippen LogP contribution in [0.15, 0.2) is 41.3 Å². The fraction of sp³-hybridized carbons (Fsp3) is 0.267. The lowest BCUT2D eigenvalue weighted by Crippen LogP contribution is -2.11. The molecule has 1 aliphatic heterocycles. The fourth-order valence-corrected chi connectivity index (χ4v) is 6.33. The van der Waals surface area contributed by atoms with E-state index in [1.165, 1.54) is 28.4 Å². The van der Waals surface area contributed by atoms with Crippen LogP contribution in [0.2, 0.25) is 0 Å². The van der Waals surface area contributed by atoms with Crippen molar-refractivity contribution in [3.63, 3.8) is 0 Å². The van der Waals surface area contributed by atoms with E-state index in [4.69, 9.17) is 0 Å². The number of aromatic nitrogens is 2. The first-order chi connectivity index (χ1) is 11.3. The number of amides is 1. The van der Waals surface area contributed by atoms with E-state index in [1.54, 1.807) is 11.8 Å². The molecule has 1 aromatic heterocycles. The first-order valence-electron chi connectivity index (χ1n) is 6.98. The van der Waals surface area contributed by atoms with Gasteiger partial charge in [-0.05, 0) is 17.7 Å². The third-order valence-corrected chi connectivity index (χ3v) is 8.09. The summed E-state index contributed by atoms with van der Waals surface area (Å²) in [6.45, 7) is 3.67. The van der Waals surface area contributed by atoms with Gasteiger partial charge in [-0.15, -0.1) is 40.3 Å². The van der Waals surface area contributed by atoms with Crippen LogP contribution in [0.3, 0.4) is 0 Å². The van der Waals surface area contributed by atoms with Gasteiger partial charge in [0, 0.05) is 22.8 Å². The summed E-state index contributed by atoms with van der Waals surface area (Å²) in [4.78, 5) is 12.3. The highest BCUT2D eigenvalue weighted by atomic mass is 32.2. The van der Waals surface area contributed by atoms with Crippen molar-refractivity contribution < 1.29 is 4.79 Å². The van der Waals surface area contributed by atoms with Gasteiger partial charge >= 0.3 is 0 Å². The Morgan fingerprint density at radius 2 is 2.04 bits per heavy atom. The van der Waals surface area contributed by atoms with Gasteiger partial charge in [0.05, 0.1) is 4.58 Å². The van der Waals surface area contributed by atoms with Crippen molar-refractivity contribution in [1.29, 1.82) is 0 Å². The Morgan fingerprint density at radius 3 is 2.74 bits per heavy atom. The van der Waals surface area contributed by atoms with Crippen molar-refractivity contribution in [3.8, 4) is 0 Å². The Morgan fingerprint density at radius 1 is 1.30 bits per heavy atom. The molecule has 0 atom stereocenters. The van der Waals surface area contributed by atoms with E-state index in [-0.39, 0.29) is 5.91 Å². The zero-order chi connectivity index (χ0) is 16.1. The molecule has 2 heterocycles. The number of benzene rings is 1. The van der Waals surface area contributed by atoms with Crippen molar-refractivity contribution in [3.05, 3.63) is 48.0 Å². The molecule has 120 valence electrons. The van der Waals surface area contributed by atoms with Crippen LogP contribution in [-0.4, -0.2) is 33.4 Å². The molecule has 1 aromatic carbocycles. The molecule has 1 N–H and O–H groups in total.